The van der Waals surface area contributed by atoms with Crippen molar-refractivity contribution < 1.29 is 0 Å². The summed E-state index contributed by atoms with van der Waals surface area (Å²) in [6.45, 7) is 0. The molecule has 1 aromatic heterocycles. The van der Waals surface area contributed by atoms with Crippen molar-refractivity contribution in [3.05, 3.63) is 58.5 Å². The predicted octanol–water partition coefficient (Wildman–Crippen LogP) is 2.27. The molecule has 0 spiro atoms. The van der Waals surface area contributed by atoms with Gasteiger partial charge in [-0.3, -0.25) is 9.13 Å². The minimum Gasteiger partial charge on any atom is -0.378 e. The van der Waals surface area contributed by atoms with Crippen molar-refractivity contribution in [3.8, 4) is 11.8 Å². The number of hydrogen-bond donors (Lipinski definition) is 0. The number of anilines is 1. The number of imidazole rings is 1. The molecule has 1 heterocycles. The zero-order valence-corrected chi connectivity index (χ0v) is 12.7. The Morgan fingerprint density at radius 1 is 1.09 bits per heavy atom. The van der Waals surface area contributed by atoms with Gasteiger partial charge in [0.05, 0.1) is 22.3 Å². The van der Waals surface area contributed by atoms with Crippen LogP contribution in [0.5, 0.6) is 0 Å². The lowest BCUT2D eigenvalue weighted by Gasteiger charge is -2.15. The van der Waals surface area contributed by atoms with E-state index in [1.807, 2.05) is 55.4 Å². The summed E-state index contributed by atoms with van der Waals surface area (Å²) in [6.07, 6.45) is 0. The highest BCUT2D eigenvalue weighted by atomic mass is 16.1. The number of nitriles is 1. The van der Waals surface area contributed by atoms with Gasteiger partial charge in [-0.05, 0) is 30.3 Å². The summed E-state index contributed by atoms with van der Waals surface area (Å²) in [5, 5.41) is 9.39. The topological polar surface area (TPSA) is 54.0 Å². The third-order valence-electron chi connectivity index (χ3n) is 3.82. The largest absolute Gasteiger partial charge is 0.378 e. The van der Waals surface area contributed by atoms with Gasteiger partial charge >= 0.3 is 5.69 Å². The fourth-order valence-corrected chi connectivity index (χ4v) is 2.60. The Hall–Kier alpha value is -3.00. The maximum Gasteiger partial charge on any atom is 0.333 e. The Morgan fingerprint density at radius 3 is 2.41 bits per heavy atom. The van der Waals surface area contributed by atoms with E-state index in [-0.39, 0.29) is 5.69 Å². The molecule has 2 aromatic carbocycles. The van der Waals surface area contributed by atoms with Crippen LogP contribution in [0.1, 0.15) is 5.56 Å². The molecule has 0 saturated carbocycles. The van der Waals surface area contributed by atoms with Crippen LogP contribution >= 0.6 is 0 Å². The van der Waals surface area contributed by atoms with Gasteiger partial charge in [0.1, 0.15) is 6.07 Å². The third kappa shape index (κ3) is 1.97. The van der Waals surface area contributed by atoms with Gasteiger partial charge in [0.15, 0.2) is 0 Å². The van der Waals surface area contributed by atoms with Crippen LogP contribution in [0.2, 0.25) is 0 Å². The van der Waals surface area contributed by atoms with E-state index >= 15 is 0 Å². The summed E-state index contributed by atoms with van der Waals surface area (Å²) in [6, 6.07) is 15.2. The summed E-state index contributed by atoms with van der Waals surface area (Å²) in [5.74, 6) is 0. The normalized spacial score (nSPS) is 10.6. The first-order chi connectivity index (χ1) is 10.5. The summed E-state index contributed by atoms with van der Waals surface area (Å²) in [4.78, 5) is 14.6. The van der Waals surface area contributed by atoms with Crippen molar-refractivity contribution in [1.82, 2.24) is 9.13 Å². The predicted molar refractivity (Wildman–Crippen MR) is 87.6 cm³/mol. The summed E-state index contributed by atoms with van der Waals surface area (Å²) in [7, 11) is 5.59. The van der Waals surface area contributed by atoms with Gasteiger partial charge in [-0.15, -0.1) is 0 Å². The first kappa shape index (κ1) is 14.0. The van der Waals surface area contributed by atoms with Crippen molar-refractivity contribution in [2.45, 2.75) is 0 Å². The number of para-hydroxylation sites is 2. The number of aryl methyl sites for hydroxylation is 1. The molecular weight excluding hydrogens is 276 g/mol. The van der Waals surface area contributed by atoms with Crippen LogP contribution in [0.25, 0.3) is 16.7 Å². The quantitative estimate of drug-likeness (QED) is 0.728. The van der Waals surface area contributed by atoms with Crippen LogP contribution in [0.4, 0.5) is 5.69 Å². The lowest BCUT2D eigenvalue weighted by molar-refractivity contribution is 0.845. The van der Waals surface area contributed by atoms with Crippen LogP contribution in [0.15, 0.2) is 47.3 Å². The Labute approximate surface area is 128 Å². The van der Waals surface area contributed by atoms with Crippen molar-refractivity contribution in [2.75, 3.05) is 19.0 Å². The van der Waals surface area contributed by atoms with Gasteiger partial charge in [0, 0.05) is 26.8 Å². The van der Waals surface area contributed by atoms with Crippen LogP contribution in [-0.2, 0) is 7.05 Å². The van der Waals surface area contributed by atoms with Crippen LogP contribution in [-0.4, -0.2) is 23.2 Å². The molecule has 0 N–H and O–H groups in total. The molecule has 0 atom stereocenters. The molecular formula is C17H16N4O. The number of hydrogen-bond acceptors (Lipinski definition) is 3. The number of rotatable bonds is 2. The minimum atomic E-state index is -0.159. The highest BCUT2D eigenvalue weighted by molar-refractivity contribution is 5.79. The van der Waals surface area contributed by atoms with Crippen LogP contribution < -0.4 is 10.6 Å². The Bertz CT molecular complexity index is 957. The molecule has 22 heavy (non-hydrogen) atoms. The van der Waals surface area contributed by atoms with Crippen LogP contribution in [0, 0.1) is 11.3 Å². The van der Waals surface area contributed by atoms with Crippen molar-refractivity contribution in [3.63, 3.8) is 0 Å². The lowest BCUT2D eigenvalue weighted by Crippen LogP contribution is -2.22. The van der Waals surface area contributed by atoms with Crippen molar-refractivity contribution in [1.29, 1.82) is 5.26 Å². The first-order valence-electron chi connectivity index (χ1n) is 6.93. The fraction of sp³-hybridized carbons (Fsp3) is 0.176. The molecule has 0 saturated heterocycles. The molecule has 3 aromatic rings. The first-order valence-corrected chi connectivity index (χ1v) is 6.93. The summed E-state index contributed by atoms with van der Waals surface area (Å²) >= 11 is 0. The second kappa shape index (κ2) is 5.08. The molecule has 0 fully saturated rings. The Kier molecular flexibility index (Phi) is 3.22. The van der Waals surface area contributed by atoms with E-state index in [4.69, 9.17) is 0 Å². The molecule has 0 unspecified atom stereocenters. The van der Waals surface area contributed by atoms with E-state index in [0.29, 0.717) is 11.3 Å². The molecule has 0 bridgehead atoms. The van der Waals surface area contributed by atoms with Gasteiger partial charge in [0.2, 0.25) is 0 Å². The molecule has 3 rings (SSSR count). The molecule has 0 amide bonds. The second-order valence-electron chi connectivity index (χ2n) is 5.37. The summed E-state index contributed by atoms with van der Waals surface area (Å²) in [5.41, 5.74) is 3.50. The van der Waals surface area contributed by atoms with E-state index in [0.717, 1.165) is 16.7 Å². The molecule has 0 aliphatic rings. The SMILES string of the molecule is CN(C)c1ccc(C#N)c(-n2c(=O)n(C)c3ccccc32)c1. The zero-order chi connectivity index (χ0) is 15.9. The number of aromatic nitrogens is 2. The second-order valence-corrected chi connectivity index (χ2v) is 5.37. The standard InChI is InChI=1S/C17H16N4O/c1-19(2)13-9-8-12(11-18)16(10-13)21-15-7-5-4-6-14(15)20(3)17(21)22/h4-10H,1-3H3. The Morgan fingerprint density at radius 2 is 1.77 bits per heavy atom. The molecule has 5 nitrogen and oxygen atoms in total. The average Bonchev–Trinajstić information content (AvgIpc) is 2.78. The molecule has 0 aliphatic carbocycles. The molecule has 0 radical (unpaired) electrons. The average molecular weight is 292 g/mol. The van der Waals surface area contributed by atoms with E-state index < -0.39 is 0 Å². The lowest BCUT2D eigenvalue weighted by atomic mass is 10.1. The number of nitrogens with zero attached hydrogens (tertiary/aromatic N) is 4. The van der Waals surface area contributed by atoms with Crippen LogP contribution in [0.3, 0.4) is 0 Å². The summed E-state index contributed by atoms with van der Waals surface area (Å²) < 4.78 is 3.19. The molecule has 5 heteroatoms. The highest BCUT2D eigenvalue weighted by Gasteiger charge is 2.15. The van der Waals surface area contributed by atoms with Gasteiger partial charge in [-0.1, -0.05) is 12.1 Å². The molecule has 0 aliphatic heterocycles. The minimum absolute atomic E-state index is 0.159. The number of fused-ring (bicyclic) bond motifs is 1. The smallest absolute Gasteiger partial charge is 0.333 e. The van der Waals surface area contributed by atoms with E-state index in [2.05, 4.69) is 6.07 Å². The van der Waals surface area contributed by atoms with Gasteiger partial charge < -0.3 is 4.90 Å². The maximum absolute atomic E-state index is 12.6. The number of benzene rings is 2. The fourth-order valence-electron chi connectivity index (χ4n) is 2.60. The van der Waals surface area contributed by atoms with E-state index in [1.54, 1.807) is 22.2 Å². The van der Waals surface area contributed by atoms with Gasteiger partial charge in [0.25, 0.3) is 0 Å². The van der Waals surface area contributed by atoms with E-state index in [1.165, 1.54) is 0 Å². The van der Waals surface area contributed by atoms with Gasteiger partial charge in [-0.2, -0.15) is 5.26 Å². The maximum atomic E-state index is 12.6. The molecule has 110 valence electrons. The van der Waals surface area contributed by atoms with Crippen molar-refractivity contribution in [2.24, 2.45) is 7.05 Å². The third-order valence-corrected chi connectivity index (χ3v) is 3.82. The zero-order valence-electron chi connectivity index (χ0n) is 12.7. The van der Waals surface area contributed by atoms with E-state index in [9.17, 15) is 10.1 Å². The van der Waals surface area contributed by atoms with Gasteiger partial charge in [-0.25, -0.2) is 4.79 Å². The Balaban J connectivity index is 2.42. The van der Waals surface area contributed by atoms with Crippen molar-refractivity contribution >= 4 is 16.7 Å². The highest BCUT2D eigenvalue weighted by Crippen LogP contribution is 2.24. The monoisotopic (exact) mass is 292 g/mol.